The number of nitrogens with zero attached hydrogens (tertiary/aromatic N) is 4. The zero-order chi connectivity index (χ0) is 13.2. The lowest BCUT2D eigenvalue weighted by atomic mass is 10.1. The fourth-order valence-electron chi connectivity index (χ4n) is 2.00. The molecule has 0 saturated heterocycles. The van der Waals surface area contributed by atoms with Crippen molar-refractivity contribution in [3.63, 3.8) is 0 Å². The third kappa shape index (κ3) is 2.13. The SMILES string of the molecule is COc1ccccc1Cc1nnc2cncc(Cl)n12. The van der Waals surface area contributed by atoms with Crippen molar-refractivity contribution in [2.75, 3.05) is 7.11 Å². The van der Waals surface area contributed by atoms with Crippen molar-refractivity contribution in [3.8, 4) is 5.75 Å². The number of methoxy groups -OCH3 is 1. The molecule has 5 nitrogen and oxygen atoms in total. The molecule has 19 heavy (non-hydrogen) atoms. The maximum atomic E-state index is 6.13. The number of para-hydroxylation sites is 1. The van der Waals surface area contributed by atoms with Crippen LogP contribution in [-0.4, -0.2) is 26.7 Å². The Kier molecular flexibility index (Phi) is 3.05. The Balaban J connectivity index is 2.06. The highest BCUT2D eigenvalue weighted by molar-refractivity contribution is 6.29. The molecule has 0 radical (unpaired) electrons. The highest BCUT2D eigenvalue weighted by atomic mass is 35.5. The van der Waals surface area contributed by atoms with Gasteiger partial charge in [0.15, 0.2) is 5.65 Å². The second-order valence-electron chi connectivity index (χ2n) is 4.03. The van der Waals surface area contributed by atoms with E-state index in [2.05, 4.69) is 15.2 Å². The monoisotopic (exact) mass is 274 g/mol. The molecule has 0 aliphatic heterocycles. The molecule has 96 valence electrons. The molecular weight excluding hydrogens is 264 g/mol. The molecule has 0 fully saturated rings. The number of hydrogen-bond donors (Lipinski definition) is 0. The van der Waals surface area contributed by atoms with Crippen LogP contribution in [0.5, 0.6) is 5.75 Å². The van der Waals surface area contributed by atoms with E-state index in [9.17, 15) is 0 Å². The zero-order valence-corrected chi connectivity index (χ0v) is 11.0. The van der Waals surface area contributed by atoms with E-state index in [0.717, 1.165) is 17.1 Å². The maximum Gasteiger partial charge on any atom is 0.180 e. The van der Waals surface area contributed by atoms with Gasteiger partial charge in [-0.3, -0.25) is 9.38 Å². The topological polar surface area (TPSA) is 52.3 Å². The Hall–Kier alpha value is -2.14. The van der Waals surface area contributed by atoms with Crippen LogP contribution in [0.3, 0.4) is 0 Å². The second kappa shape index (κ2) is 4.85. The third-order valence-corrected chi connectivity index (χ3v) is 3.15. The zero-order valence-electron chi connectivity index (χ0n) is 10.2. The van der Waals surface area contributed by atoms with E-state index >= 15 is 0 Å². The van der Waals surface area contributed by atoms with Gasteiger partial charge in [0, 0.05) is 12.0 Å². The van der Waals surface area contributed by atoms with E-state index in [-0.39, 0.29) is 0 Å². The molecule has 0 aliphatic rings. The summed E-state index contributed by atoms with van der Waals surface area (Å²) in [4.78, 5) is 3.99. The molecule has 1 aromatic carbocycles. The van der Waals surface area contributed by atoms with Gasteiger partial charge in [-0.1, -0.05) is 29.8 Å². The summed E-state index contributed by atoms with van der Waals surface area (Å²) in [5, 5.41) is 8.71. The molecule has 0 aliphatic carbocycles. The molecule has 2 aromatic heterocycles. The lowest BCUT2D eigenvalue weighted by Gasteiger charge is -2.07. The Morgan fingerprint density at radius 3 is 2.89 bits per heavy atom. The first-order valence-corrected chi connectivity index (χ1v) is 6.13. The van der Waals surface area contributed by atoms with Crippen LogP contribution in [0.25, 0.3) is 5.65 Å². The van der Waals surface area contributed by atoms with Crippen LogP contribution in [0.2, 0.25) is 5.15 Å². The van der Waals surface area contributed by atoms with Crippen molar-refractivity contribution in [2.45, 2.75) is 6.42 Å². The molecule has 0 spiro atoms. The van der Waals surface area contributed by atoms with Gasteiger partial charge in [0.25, 0.3) is 0 Å². The lowest BCUT2D eigenvalue weighted by molar-refractivity contribution is 0.410. The van der Waals surface area contributed by atoms with E-state index in [1.54, 1.807) is 23.9 Å². The largest absolute Gasteiger partial charge is 0.496 e. The van der Waals surface area contributed by atoms with Crippen molar-refractivity contribution >= 4 is 17.2 Å². The molecule has 3 rings (SSSR count). The molecule has 0 atom stereocenters. The van der Waals surface area contributed by atoms with Gasteiger partial charge in [-0.2, -0.15) is 0 Å². The van der Waals surface area contributed by atoms with Crippen molar-refractivity contribution in [2.24, 2.45) is 0 Å². The van der Waals surface area contributed by atoms with Gasteiger partial charge in [-0.15, -0.1) is 10.2 Å². The van der Waals surface area contributed by atoms with Gasteiger partial charge in [0.1, 0.15) is 16.7 Å². The minimum absolute atomic E-state index is 0.493. The van der Waals surface area contributed by atoms with Crippen molar-refractivity contribution in [3.05, 3.63) is 53.2 Å². The van der Waals surface area contributed by atoms with E-state index in [4.69, 9.17) is 16.3 Å². The molecule has 0 amide bonds. The van der Waals surface area contributed by atoms with E-state index in [1.807, 2.05) is 24.3 Å². The quantitative estimate of drug-likeness (QED) is 0.736. The van der Waals surface area contributed by atoms with Crippen molar-refractivity contribution < 1.29 is 4.74 Å². The average molecular weight is 275 g/mol. The summed E-state index contributed by atoms with van der Waals surface area (Å²) in [6, 6.07) is 7.81. The first kappa shape index (κ1) is 11.9. The van der Waals surface area contributed by atoms with Gasteiger partial charge < -0.3 is 4.74 Å². The van der Waals surface area contributed by atoms with Crippen LogP contribution in [-0.2, 0) is 6.42 Å². The van der Waals surface area contributed by atoms with Crippen LogP contribution in [0.15, 0.2) is 36.7 Å². The third-order valence-electron chi connectivity index (χ3n) is 2.88. The molecule has 0 saturated carbocycles. The molecule has 2 heterocycles. The number of halogens is 1. The summed E-state index contributed by atoms with van der Waals surface area (Å²) in [5.41, 5.74) is 1.67. The van der Waals surface area contributed by atoms with Gasteiger partial charge in [-0.05, 0) is 6.07 Å². The Morgan fingerprint density at radius 1 is 1.21 bits per heavy atom. The Morgan fingerprint density at radius 2 is 2.05 bits per heavy atom. The predicted molar refractivity (Wildman–Crippen MR) is 71.6 cm³/mol. The maximum absolute atomic E-state index is 6.13. The van der Waals surface area contributed by atoms with Crippen molar-refractivity contribution in [1.82, 2.24) is 19.6 Å². The average Bonchev–Trinajstić information content (AvgIpc) is 2.84. The van der Waals surface area contributed by atoms with Crippen LogP contribution < -0.4 is 4.74 Å². The molecule has 6 heteroatoms. The van der Waals surface area contributed by atoms with E-state index in [0.29, 0.717) is 17.2 Å². The fourth-order valence-corrected chi connectivity index (χ4v) is 2.24. The molecular formula is C13H11ClN4O. The fraction of sp³-hybridized carbons (Fsp3) is 0.154. The highest BCUT2D eigenvalue weighted by Gasteiger charge is 2.11. The first-order chi connectivity index (χ1) is 9.29. The lowest BCUT2D eigenvalue weighted by Crippen LogP contribution is -2.00. The van der Waals surface area contributed by atoms with Gasteiger partial charge in [0.2, 0.25) is 0 Å². The molecule has 0 bridgehead atoms. The van der Waals surface area contributed by atoms with Crippen LogP contribution in [0.1, 0.15) is 11.4 Å². The molecule has 0 unspecified atom stereocenters. The number of fused-ring (bicyclic) bond motifs is 1. The number of ether oxygens (including phenoxy) is 1. The Labute approximate surface area is 114 Å². The van der Waals surface area contributed by atoms with Crippen molar-refractivity contribution in [1.29, 1.82) is 0 Å². The minimum atomic E-state index is 0.493. The standard InChI is InChI=1S/C13H11ClN4O/c1-19-10-5-3-2-4-9(10)6-12-16-17-13-8-15-7-11(14)18(12)13/h2-5,7-8H,6H2,1H3. The smallest absolute Gasteiger partial charge is 0.180 e. The summed E-state index contributed by atoms with van der Waals surface area (Å²) >= 11 is 6.13. The number of benzene rings is 1. The minimum Gasteiger partial charge on any atom is -0.496 e. The summed E-state index contributed by atoms with van der Waals surface area (Å²) in [6.45, 7) is 0. The molecule has 3 aromatic rings. The number of rotatable bonds is 3. The normalized spacial score (nSPS) is 10.8. The van der Waals surface area contributed by atoms with Gasteiger partial charge in [0.05, 0.1) is 19.5 Å². The molecule has 0 N–H and O–H groups in total. The summed E-state index contributed by atoms with van der Waals surface area (Å²) in [7, 11) is 1.65. The summed E-state index contributed by atoms with van der Waals surface area (Å²) < 4.78 is 7.11. The van der Waals surface area contributed by atoms with Crippen LogP contribution in [0, 0.1) is 0 Å². The number of aromatic nitrogens is 4. The summed E-state index contributed by atoms with van der Waals surface area (Å²) in [6.07, 6.45) is 3.79. The second-order valence-corrected chi connectivity index (χ2v) is 4.42. The van der Waals surface area contributed by atoms with Crippen LogP contribution >= 0.6 is 11.6 Å². The predicted octanol–water partition coefficient (Wildman–Crippen LogP) is 2.38. The first-order valence-electron chi connectivity index (χ1n) is 5.75. The number of hydrogen-bond acceptors (Lipinski definition) is 4. The highest BCUT2D eigenvalue weighted by Crippen LogP contribution is 2.21. The van der Waals surface area contributed by atoms with Crippen LogP contribution in [0.4, 0.5) is 0 Å². The van der Waals surface area contributed by atoms with Gasteiger partial charge in [-0.25, -0.2) is 0 Å². The van der Waals surface area contributed by atoms with E-state index in [1.165, 1.54) is 0 Å². The van der Waals surface area contributed by atoms with Gasteiger partial charge >= 0.3 is 0 Å². The Bertz CT molecular complexity index is 725. The van der Waals surface area contributed by atoms with E-state index < -0.39 is 0 Å². The summed E-state index contributed by atoms with van der Waals surface area (Å²) in [5.74, 6) is 1.58.